The van der Waals surface area contributed by atoms with E-state index in [1.807, 2.05) is 50.2 Å². The molecule has 1 N–H and O–H groups in total. The van der Waals surface area contributed by atoms with Crippen molar-refractivity contribution >= 4 is 29.3 Å². The van der Waals surface area contributed by atoms with Crippen LogP contribution in [0.5, 0.6) is 0 Å². The number of fused-ring (bicyclic) bond motifs is 1. The van der Waals surface area contributed by atoms with Gasteiger partial charge in [0.05, 0.1) is 18.0 Å². The van der Waals surface area contributed by atoms with Crippen molar-refractivity contribution in [2.45, 2.75) is 44.7 Å². The second kappa shape index (κ2) is 7.96. The van der Waals surface area contributed by atoms with E-state index in [-0.39, 0.29) is 17.9 Å². The van der Waals surface area contributed by atoms with E-state index in [2.05, 4.69) is 18.3 Å². The third-order valence-electron chi connectivity index (χ3n) is 4.74. The van der Waals surface area contributed by atoms with Crippen LogP contribution in [0.2, 0.25) is 0 Å². The molecule has 0 unspecified atom stereocenters. The molecule has 0 aliphatic carbocycles. The van der Waals surface area contributed by atoms with E-state index in [1.54, 1.807) is 4.90 Å². The summed E-state index contributed by atoms with van der Waals surface area (Å²) in [5.74, 6) is 0.406. The number of benzene rings is 2. The number of aryl methyl sites for hydroxylation is 1. The zero-order chi connectivity index (χ0) is 18.7. The van der Waals surface area contributed by atoms with E-state index in [9.17, 15) is 9.59 Å². The molecular weight excluding hydrogens is 344 g/mol. The number of amides is 2. The largest absolute Gasteiger partial charge is 0.350 e. The van der Waals surface area contributed by atoms with Crippen LogP contribution < -0.4 is 10.2 Å². The summed E-state index contributed by atoms with van der Waals surface area (Å²) in [5, 5.41) is 2.99. The molecule has 0 fully saturated rings. The summed E-state index contributed by atoms with van der Waals surface area (Å²) in [7, 11) is 0. The SMILES string of the molecule is CC[C@@H](C)NC(=O)c1ccc2c(c1)N(Cc1ccccc1C)C(=O)CS2. The Labute approximate surface area is 159 Å². The average molecular weight is 369 g/mol. The second-order valence-electron chi connectivity index (χ2n) is 6.66. The minimum absolute atomic E-state index is 0.0743. The molecule has 0 spiro atoms. The Morgan fingerprint density at radius 1 is 1.27 bits per heavy atom. The smallest absolute Gasteiger partial charge is 0.251 e. The maximum Gasteiger partial charge on any atom is 0.251 e. The number of carbonyl (C=O) groups is 2. The molecule has 0 saturated heterocycles. The van der Waals surface area contributed by atoms with Gasteiger partial charge < -0.3 is 10.2 Å². The van der Waals surface area contributed by atoms with Crippen molar-refractivity contribution in [3.05, 3.63) is 59.2 Å². The van der Waals surface area contributed by atoms with Crippen LogP contribution in [0.25, 0.3) is 0 Å². The molecule has 2 amide bonds. The Kier molecular flexibility index (Phi) is 5.67. The van der Waals surface area contributed by atoms with Crippen molar-refractivity contribution in [2.24, 2.45) is 0 Å². The van der Waals surface area contributed by atoms with Gasteiger partial charge in [-0.2, -0.15) is 0 Å². The quantitative estimate of drug-likeness (QED) is 0.862. The summed E-state index contributed by atoms with van der Waals surface area (Å²) in [5.41, 5.74) is 3.69. The Balaban J connectivity index is 1.92. The van der Waals surface area contributed by atoms with Crippen molar-refractivity contribution in [1.82, 2.24) is 5.32 Å². The molecular formula is C21H24N2O2S. The van der Waals surface area contributed by atoms with Gasteiger partial charge in [-0.1, -0.05) is 31.2 Å². The van der Waals surface area contributed by atoms with E-state index < -0.39 is 0 Å². The molecule has 0 bridgehead atoms. The maximum atomic E-state index is 12.6. The van der Waals surface area contributed by atoms with Crippen molar-refractivity contribution in [3.8, 4) is 0 Å². The zero-order valence-electron chi connectivity index (χ0n) is 15.4. The lowest BCUT2D eigenvalue weighted by molar-refractivity contribution is -0.116. The van der Waals surface area contributed by atoms with Gasteiger partial charge in [-0.3, -0.25) is 9.59 Å². The van der Waals surface area contributed by atoms with Gasteiger partial charge in [-0.25, -0.2) is 0 Å². The molecule has 1 aliphatic rings. The van der Waals surface area contributed by atoms with Crippen LogP contribution in [0.1, 0.15) is 41.8 Å². The molecule has 1 aliphatic heterocycles. The van der Waals surface area contributed by atoms with Gasteiger partial charge in [0.25, 0.3) is 5.91 Å². The van der Waals surface area contributed by atoms with Gasteiger partial charge >= 0.3 is 0 Å². The van der Waals surface area contributed by atoms with Crippen molar-refractivity contribution in [2.75, 3.05) is 10.7 Å². The predicted octanol–water partition coefficient (Wildman–Crippen LogP) is 4.16. The summed E-state index contributed by atoms with van der Waals surface area (Å²) in [6.45, 7) is 6.60. The highest BCUT2D eigenvalue weighted by Gasteiger charge is 2.26. The second-order valence-corrected chi connectivity index (χ2v) is 7.68. The predicted molar refractivity (Wildman–Crippen MR) is 107 cm³/mol. The monoisotopic (exact) mass is 368 g/mol. The van der Waals surface area contributed by atoms with Gasteiger partial charge in [0.1, 0.15) is 0 Å². The highest BCUT2D eigenvalue weighted by atomic mass is 32.2. The summed E-state index contributed by atoms with van der Waals surface area (Å²) in [4.78, 5) is 27.9. The third-order valence-corrected chi connectivity index (χ3v) is 5.79. The number of carbonyl (C=O) groups excluding carboxylic acids is 2. The topological polar surface area (TPSA) is 49.4 Å². The van der Waals surface area contributed by atoms with Crippen LogP contribution >= 0.6 is 11.8 Å². The molecule has 0 radical (unpaired) electrons. The Hall–Kier alpha value is -2.27. The lowest BCUT2D eigenvalue weighted by atomic mass is 10.1. The summed E-state index contributed by atoms with van der Waals surface area (Å²) < 4.78 is 0. The third kappa shape index (κ3) is 3.93. The van der Waals surface area contributed by atoms with Gasteiger partial charge in [0, 0.05) is 16.5 Å². The highest BCUT2D eigenvalue weighted by molar-refractivity contribution is 8.00. The molecule has 4 nitrogen and oxygen atoms in total. The van der Waals surface area contributed by atoms with E-state index in [1.165, 1.54) is 11.8 Å². The number of nitrogens with zero attached hydrogens (tertiary/aromatic N) is 1. The minimum Gasteiger partial charge on any atom is -0.350 e. The van der Waals surface area contributed by atoms with Gasteiger partial charge in [0.15, 0.2) is 0 Å². The fraction of sp³-hybridized carbons (Fsp3) is 0.333. The zero-order valence-corrected chi connectivity index (χ0v) is 16.2. The molecule has 1 atom stereocenters. The lowest BCUT2D eigenvalue weighted by Crippen LogP contribution is -2.36. The van der Waals surface area contributed by atoms with E-state index in [4.69, 9.17) is 0 Å². The van der Waals surface area contributed by atoms with Crippen molar-refractivity contribution in [1.29, 1.82) is 0 Å². The fourth-order valence-electron chi connectivity index (χ4n) is 2.88. The molecule has 2 aromatic rings. The van der Waals surface area contributed by atoms with Crippen LogP contribution in [0.3, 0.4) is 0 Å². The Morgan fingerprint density at radius 2 is 2.04 bits per heavy atom. The molecule has 3 rings (SSSR count). The molecule has 1 heterocycles. The van der Waals surface area contributed by atoms with Crippen LogP contribution in [0, 0.1) is 6.92 Å². The fourth-order valence-corrected chi connectivity index (χ4v) is 3.80. The highest BCUT2D eigenvalue weighted by Crippen LogP contribution is 2.37. The number of nitrogens with one attached hydrogen (secondary N) is 1. The first kappa shape index (κ1) is 18.5. The molecule has 5 heteroatoms. The van der Waals surface area contributed by atoms with Gasteiger partial charge in [0.2, 0.25) is 5.91 Å². The van der Waals surface area contributed by atoms with E-state index in [0.717, 1.165) is 28.1 Å². The van der Waals surface area contributed by atoms with E-state index in [0.29, 0.717) is 17.9 Å². The molecule has 136 valence electrons. The summed E-state index contributed by atoms with van der Waals surface area (Å²) >= 11 is 1.53. The molecule has 0 aromatic heterocycles. The minimum atomic E-state index is -0.0963. The van der Waals surface area contributed by atoms with Crippen LogP contribution in [0.15, 0.2) is 47.4 Å². The molecule has 0 saturated carbocycles. The van der Waals surface area contributed by atoms with Crippen LogP contribution in [-0.2, 0) is 11.3 Å². The Bertz CT molecular complexity index is 835. The number of hydrogen-bond acceptors (Lipinski definition) is 3. The number of anilines is 1. The first-order valence-electron chi connectivity index (χ1n) is 8.92. The average Bonchev–Trinajstić information content (AvgIpc) is 2.65. The van der Waals surface area contributed by atoms with Crippen LogP contribution in [-0.4, -0.2) is 23.6 Å². The maximum absolute atomic E-state index is 12.6. The van der Waals surface area contributed by atoms with Crippen molar-refractivity contribution in [3.63, 3.8) is 0 Å². The van der Waals surface area contributed by atoms with Gasteiger partial charge in [-0.15, -0.1) is 11.8 Å². The van der Waals surface area contributed by atoms with Crippen LogP contribution in [0.4, 0.5) is 5.69 Å². The first-order valence-corrected chi connectivity index (χ1v) is 9.90. The summed E-state index contributed by atoms with van der Waals surface area (Å²) in [6.07, 6.45) is 0.879. The molecule has 26 heavy (non-hydrogen) atoms. The number of hydrogen-bond donors (Lipinski definition) is 1. The van der Waals surface area contributed by atoms with Gasteiger partial charge in [-0.05, 0) is 49.6 Å². The normalized spacial score (nSPS) is 14.7. The molecule has 2 aromatic carbocycles. The standard InChI is InChI=1S/C21H24N2O2S/c1-4-15(3)22-21(25)16-9-10-19-18(11-16)23(20(24)13-26-19)12-17-8-6-5-7-14(17)2/h5-11,15H,4,12-13H2,1-3H3,(H,22,25)/t15-/m1/s1. The van der Waals surface area contributed by atoms with Crippen molar-refractivity contribution < 1.29 is 9.59 Å². The first-order chi connectivity index (χ1) is 12.5. The summed E-state index contributed by atoms with van der Waals surface area (Å²) in [6, 6.07) is 13.8. The lowest BCUT2D eigenvalue weighted by Gasteiger charge is -2.30. The van der Waals surface area contributed by atoms with E-state index >= 15 is 0 Å². The Morgan fingerprint density at radius 3 is 2.77 bits per heavy atom. The number of thioether (sulfide) groups is 1. The number of rotatable bonds is 5.